The Kier molecular flexibility index (Phi) is 22.3. The van der Waals surface area contributed by atoms with Crippen LogP contribution in [0.5, 0.6) is 0 Å². The highest BCUT2D eigenvalue weighted by molar-refractivity contribution is 5.74. The molecule has 0 spiro atoms. The standard InChI is InChI=1S/C42H71N3O31/c1-10(50)43-19-27(58)34(15(6-48)68-37(19)65)74-39-21(45-12(3)52)28(59)35(16(7-49)71-39)75-42-33(64)36(76-41-32(63)29(60)23(54)14(5-47)70-41)25(56)18(73-42)9-67-40-31(62)30(61)24(55)17(72-40)8-66-38-20(44-11(2)51)26(57)22(53)13(4-46)69-38/h13-42,46-49,53-65H,4-9H2,1-3H3,(H,43,50)(H,44,51)(H,45,52)/t13-,14-,15-,16-,17-,18-,19-,20-,21-,22-,23-,24-,25-,26-,27-,28-,29+,30+,31+,32+,33+,34-,35-,36+,37-,38-,39+,40+,41-,42+/m1/s1. The summed E-state index contributed by atoms with van der Waals surface area (Å²) >= 11 is 0. The van der Waals surface area contributed by atoms with E-state index in [-0.39, 0.29) is 0 Å². The highest BCUT2D eigenvalue weighted by atomic mass is 16.8. The maximum Gasteiger partial charge on any atom is 0.217 e. The van der Waals surface area contributed by atoms with E-state index < -0.39 is 241 Å². The SMILES string of the molecule is CC(=O)N[C@@H]1[C@@H](O)[C@H](O[C@@H]2O[C@H](CO)[C@@H](O[C@@H]3O[C@H](CO[C@H]4O[C@H](CO[C@@H]5O[C@H](CO)[C@@H](O)[C@H](O)[C@H]5NC(C)=O)[C@@H](O)[C@H](O)[C@@H]4O)[C@@H](O)[C@H](O[C@H]4O[C@H](CO)[C@@H](O)[C@H](O)[C@@H]4O)[C@@H]3O)[C@H](O)[C@H]2NC(C)=O)[C@@H](CO)O[C@H]1O. The first-order chi connectivity index (χ1) is 35.9. The fourth-order valence-corrected chi connectivity index (χ4v) is 9.52. The predicted molar refractivity (Wildman–Crippen MR) is 234 cm³/mol. The number of carbonyl (C=O) groups excluding carboxylic acids is 3. The average molecular weight is 1110 g/mol. The van der Waals surface area contributed by atoms with E-state index in [4.69, 9.17) is 52.1 Å². The summed E-state index contributed by atoms with van der Waals surface area (Å²) in [6.45, 7) is -2.25. The maximum atomic E-state index is 12.6. The molecule has 6 aliphatic rings. The number of hydrogen-bond acceptors (Lipinski definition) is 31. The number of rotatable bonds is 19. The minimum absolute atomic E-state index is 0.693. The fourth-order valence-electron chi connectivity index (χ4n) is 9.52. The zero-order valence-corrected chi connectivity index (χ0v) is 40.9. The third-order valence-electron chi connectivity index (χ3n) is 13.6. The lowest BCUT2D eigenvalue weighted by Gasteiger charge is -2.50. The van der Waals surface area contributed by atoms with Gasteiger partial charge in [-0.05, 0) is 0 Å². The van der Waals surface area contributed by atoms with E-state index in [9.17, 15) is 101 Å². The number of nitrogens with one attached hydrogen (secondary N) is 3. The van der Waals surface area contributed by atoms with Crippen LogP contribution in [-0.4, -0.2) is 328 Å². The first-order valence-electron chi connectivity index (χ1n) is 24.1. The Bertz CT molecular complexity index is 1870. The van der Waals surface area contributed by atoms with Gasteiger partial charge in [-0.3, -0.25) is 14.4 Å². The molecule has 6 saturated heterocycles. The monoisotopic (exact) mass is 1110 g/mol. The highest BCUT2D eigenvalue weighted by Gasteiger charge is 2.57. The van der Waals surface area contributed by atoms with Crippen LogP contribution in [0.1, 0.15) is 20.8 Å². The third kappa shape index (κ3) is 13.9. The van der Waals surface area contributed by atoms with Gasteiger partial charge in [0.1, 0.15) is 146 Å². The van der Waals surface area contributed by atoms with E-state index in [2.05, 4.69) is 16.0 Å². The van der Waals surface area contributed by atoms with Crippen molar-refractivity contribution in [3.8, 4) is 0 Å². The van der Waals surface area contributed by atoms with Crippen molar-refractivity contribution in [2.75, 3.05) is 39.6 Å². The highest BCUT2D eigenvalue weighted by Crippen LogP contribution is 2.36. The van der Waals surface area contributed by atoms with Gasteiger partial charge in [-0.25, -0.2) is 0 Å². The number of ether oxygens (including phenoxy) is 11. The summed E-state index contributed by atoms with van der Waals surface area (Å²) in [5.41, 5.74) is 0. The predicted octanol–water partition coefficient (Wildman–Crippen LogP) is -13.7. The zero-order valence-electron chi connectivity index (χ0n) is 40.9. The van der Waals surface area contributed by atoms with Gasteiger partial charge in [0.15, 0.2) is 37.7 Å². The molecule has 34 heteroatoms. The number of aliphatic hydroxyl groups excluding tert-OH is 17. The average Bonchev–Trinajstić information content (AvgIpc) is 3.37. The molecule has 0 aromatic rings. The summed E-state index contributed by atoms with van der Waals surface area (Å²) in [4.78, 5) is 36.4. The molecule has 76 heavy (non-hydrogen) atoms. The van der Waals surface area contributed by atoms with Crippen molar-refractivity contribution in [3.05, 3.63) is 0 Å². The Labute approximate surface area is 431 Å². The molecule has 0 aromatic carbocycles. The summed E-state index contributed by atoms with van der Waals surface area (Å²) in [5, 5.41) is 190. The Balaban J connectivity index is 1.24. The summed E-state index contributed by atoms with van der Waals surface area (Å²) in [7, 11) is 0. The van der Waals surface area contributed by atoms with E-state index in [1.807, 2.05) is 0 Å². The molecule has 0 aliphatic carbocycles. The van der Waals surface area contributed by atoms with Crippen LogP contribution in [0.4, 0.5) is 0 Å². The summed E-state index contributed by atoms with van der Waals surface area (Å²) in [5.74, 6) is -2.24. The molecular formula is C42H71N3O31. The van der Waals surface area contributed by atoms with Gasteiger partial charge < -0.3 is 155 Å². The first-order valence-corrected chi connectivity index (χ1v) is 24.1. The van der Waals surface area contributed by atoms with Crippen LogP contribution in [-0.2, 0) is 66.5 Å². The molecular weight excluding hydrogens is 1040 g/mol. The van der Waals surface area contributed by atoms with Gasteiger partial charge in [0.05, 0.1) is 39.6 Å². The zero-order chi connectivity index (χ0) is 56.2. The lowest BCUT2D eigenvalue weighted by Crippen LogP contribution is -2.70. The Morgan fingerprint density at radius 3 is 1.24 bits per heavy atom. The first kappa shape index (κ1) is 62.5. The van der Waals surface area contributed by atoms with Gasteiger partial charge >= 0.3 is 0 Å². The molecule has 3 amide bonds. The van der Waals surface area contributed by atoms with Gasteiger partial charge in [-0.15, -0.1) is 0 Å². The van der Waals surface area contributed by atoms with E-state index in [0.717, 1.165) is 20.8 Å². The van der Waals surface area contributed by atoms with Gasteiger partial charge in [-0.2, -0.15) is 0 Å². The molecule has 6 aliphatic heterocycles. The Morgan fingerprint density at radius 2 is 0.697 bits per heavy atom. The second kappa shape index (κ2) is 27.2. The second-order valence-corrected chi connectivity index (χ2v) is 19.0. The van der Waals surface area contributed by atoms with E-state index in [1.54, 1.807) is 0 Å². The van der Waals surface area contributed by atoms with Gasteiger partial charge in [0, 0.05) is 20.8 Å². The van der Waals surface area contributed by atoms with Crippen LogP contribution in [0.2, 0.25) is 0 Å². The van der Waals surface area contributed by atoms with Crippen LogP contribution in [0.15, 0.2) is 0 Å². The summed E-state index contributed by atoms with van der Waals surface area (Å²) in [6.07, 6.45) is -50.9. The number of hydrogen-bond donors (Lipinski definition) is 20. The van der Waals surface area contributed by atoms with E-state index >= 15 is 0 Å². The third-order valence-corrected chi connectivity index (χ3v) is 13.6. The molecule has 0 aromatic heterocycles. The van der Waals surface area contributed by atoms with Gasteiger partial charge in [0.2, 0.25) is 17.7 Å². The topological polar surface area (TPSA) is 533 Å². The number of aliphatic hydroxyl groups is 17. The largest absolute Gasteiger partial charge is 0.394 e. The smallest absolute Gasteiger partial charge is 0.217 e. The molecule has 0 saturated carbocycles. The number of amides is 3. The molecule has 440 valence electrons. The van der Waals surface area contributed by atoms with Gasteiger partial charge in [-0.1, -0.05) is 0 Å². The van der Waals surface area contributed by atoms with Crippen LogP contribution < -0.4 is 16.0 Å². The van der Waals surface area contributed by atoms with Crippen molar-refractivity contribution < 1.29 is 153 Å². The Morgan fingerprint density at radius 1 is 0.342 bits per heavy atom. The van der Waals surface area contributed by atoms with Gasteiger partial charge in [0.25, 0.3) is 0 Å². The van der Waals surface area contributed by atoms with Crippen LogP contribution in [0, 0.1) is 0 Å². The molecule has 6 fully saturated rings. The Hall–Kier alpha value is -2.71. The molecule has 6 rings (SSSR count). The normalized spacial score (nSPS) is 48.2. The van der Waals surface area contributed by atoms with E-state index in [1.165, 1.54) is 0 Å². The quantitative estimate of drug-likeness (QED) is 0.0571. The van der Waals surface area contributed by atoms with Crippen molar-refractivity contribution in [1.82, 2.24) is 16.0 Å². The van der Waals surface area contributed by atoms with E-state index in [0.29, 0.717) is 0 Å². The van der Waals surface area contributed by atoms with Crippen molar-refractivity contribution in [2.24, 2.45) is 0 Å². The molecule has 0 radical (unpaired) electrons. The number of carbonyl (C=O) groups is 3. The molecule has 30 atom stereocenters. The van der Waals surface area contributed by atoms with Crippen molar-refractivity contribution >= 4 is 17.7 Å². The lowest BCUT2D eigenvalue weighted by molar-refractivity contribution is -0.384. The van der Waals surface area contributed by atoms with Crippen molar-refractivity contribution in [2.45, 2.75) is 205 Å². The molecule has 0 unspecified atom stereocenters. The molecule has 6 heterocycles. The minimum atomic E-state index is -2.27. The van der Waals surface area contributed by atoms with Crippen molar-refractivity contribution in [1.29, 1.82) is 0 Å². The minimum Gasteiger partial charge on any atom is -0.394 e. The lowest BCUT2D eigenvalue weighted by atomic mass is 9.94. The van der Waals surface area contributed by atoms with Crippen LogP contribution in [0.25, 0.3) is 0 Å². The molecule has 20 N–H and O–H groups in total. The molecule has 0 bridgehead atoms. The van der Waals surface area contributed by atoms with Crippen LogP contribution >= 0.6 is 0 Å². The molecule has 34 nitrogen and oxygen atoms in total. The maximum absolute atomic E-state index is 12.6. The van der Waals surface area contributed by atoms with Crippen molar-refractivity contribution in [3.63, 3.8) is 0 Å². The summed E-state index contributed by atoms with van der Waals surface area (Å²) in [6, 6.07) is -4.73. The second-order valence-electron chi connectivity index (χ2n) is 19.0. The van der Waals surface area contributed by atoms with Crippen LogP contribution in [0.3, 0.4) is 0 Å². The fraction of sp³-hybridized carbons (Fsp3) is 0.929. The summed E-state index contributed by atoms with van der Waals surface area (Å²) < 4.78 is 62.9.